The van der Waals surface area contributed by atoms with Gasteiger partial charge in [0.15, 0.2) is 6.61 Å². The van der Waals surface area contributed by atoms with Crippen molar-refractivity contribution in [1.82, 2.24) is 4.57 Å². The molecule has 1 aliphatic rings. The van der Waals surface area contributed by atoms with Gasteiger partial charge in [-0.1, -0.05) is 18.2 Å². The van der Waals surface area contributed by atoms with Crippen molar-refractivity contribution in [3.63, 3.8) is 0 Å². The van der Waals surface area contributed by atoms with E-state index in [2.05, 4.69) is 0 Å². The molecule has 2 aromatic carbocycles. The molecule has 1 saturated heterocycles. The van der Waals surface area contributed by atoms with Gasteiger partial charge in [0.05, 0.1) is 10.5 Å². The number of anilines is 1. The van der Waals surface area contributed by atoms with Crippen molar-refractivity contribution < 1.29 is 19.2 Å². The van der Waals surface area contributed by atoms with Crippen LogP contribution < -0.4 is 4.90 Å². The number of aromatic nitrogens is 1. The third-order valence-electron chi connectivity index (χ3n) is 5.93. The number of benzene rings is 2. The number of carbonyl (C=O) groups is 2. The van der Waals surface area contributed by atoms with Gasteiger partial charge in [-0.25, -0.2) is 4.79 Å². The zero-order valence-electron chi connectivity index (χ0n) is 18.6. The minimum Gasteiger partial charge on any atom is -0.454 e. The molecule has 8 nitrogen and oxygen atoms in total. The monoisotopic (exact) mass is 447 g/mol. The lowest BCUT2D eigenvalue weighted by Gasteiger charge is -2.17. The molecule has 1 aromatic heterocycles. The summed E-state index contributed by atoms with van der Waals surface area (Å²) in [5, 5.41) is 11.6. The Balaban J connectivity index is 1.49. The third kappa shape index (κ3) is 4.50. The van der Waals surface area contributed by atoms with E-state index < -0.39 is 17.5 Å². The Morgan fingerprint density at radius 3 is 2.39 bits per heavy atom. The fraction of sp³-hybridized carbons (Fsp3) is 0.280. The van der Waals surface area contributed by atoms with Crippen LogP contribution in [-0.4, -0.2) is 40.9 Å². The molecule has 4 rings (SSSR count). The average Bonchev–Trinajstić information content (AvgIpc) is 3.45. The van der Waals surface area contributed by atoms with Crippen LogP contribution in [0, 0.1) is 24.0 Å². The Labute approximate surface area is 191 Å². The average molecular weight is 447 g/mol. The zero-order chi connectivity index (χ0) is 23.5. The number of carbonyl (C=O) groups excluding carboxylic acids is 2. The first-order chi connectivity index (χ1) is 15.9. The van der Waals surface area contributed by atoms with Gasteiger partial charge in [-0.3, -0.25) is 14.9 Å². The fourth-order valence-electron chi connectivity index (χ4n) is 4.33. The van der Waals surface area contributed by atoms with Crippen LogP contribution in [0.2, 0.25) is 0 Å². The number of rotatable bonds is 7. The summed E-state index contributed by atoms with van der Waals surface area (Å²) in [4.78, 5) is 38.4. The molecule has 0 unspecified atom stereocenters. The van der Waals surface area contributed by atoms with E-state index in [1.54, 1.807) is 12.1 Å². The maximum Gasteiger partial charge on any atom is 0.338 e. The first kappa shape index (κ1) is 22.3. The van der Waals surface area contributed by atoms with Gasteiger partial charge in [0, 0.05) is 41.8 Å². The Morgan fingerprint density at radius 2 is 1.73 bits per heavy atom. The summed E-state index contributed by atoms with van der Waals surface area (Å²) in [6, 6.07) is 15.8. The van der Waals surface area contributed by atoms with E-state index in [1.165, 1.54) is 12.1 Å². The van der Waals surface area contributed by atoms with Crippen LogP contribution in [0.4, 0.5) is 11.4 Å². The largest absolute Gasteiger partial charge is 0.454 e. The number of ketones is 1. The number of para-hydroxylation sites is 1. The van der Waals surface area contributed by atoms with Gasteiger partial charge in [0.2, 0.25) is 5.78 Å². The molecule has 3 aromatic rings. The molecule has 0 bridgehead atoms. The van der Waals surface area contributed by atoms with E-state index in [0.29, 0.717) is 11.3 Å². The van der Waals surface area contributed by atoms with Crippen molar-refractivity contribution in [2.45, 2.75) is 26.7 Å². The summed E-state index contributed by atoms with van der Waals surface area (Å²) in [6.07, 6.45) is 1.96. The molecule has 33 heavy (non-hydrogen) atoms. The normalized spacial score (nSPS) is 13.2. The number of hydrogen-bond donors (Lipinski definition) is 0. The predicted octanol–water partition coefficient (Wildman–Crippen LogP) is 4.64. The Hall–Kier alpha value is -3.94. The quantitative estimate of drug-likeness (QED) is 0.227. The summed E-state index contributed by atoms with van der Waals surface area (Å²) in [5.74, 6) is -1.10. The molecular weight excluding hydrogens is 422 g/mol. The number of Topliss-reactive ketones (excluding diaryl/α,β-unsaturated/α-hetero) is 1. The molecule has 0 aliphatic carbocycles. The van der Waals surface area contributed by atoms with Crippen LogP contribution in [0.1, 0.15) is 44.9 Å². The Bertz CT molecular complexity index is 1210. The van der Waals surface area contributed by atoms with Gasteiger partial charge in [0.1, 0.15) is 5.69 Å². The number of nitro groups is 1. The van der Waals surface area contributed by atoms with Crippen molar-refractivity contribution in [2.75, 3.05) is 24.6 Å². The van der Waals surface area contributed by atoms with Crippen LogP contribution in [0.3, 0.4) is 0 Å². The molecule has 0 spiro atoms. The second-order valence-electron chi connectivity index (χ2n) is 8.11. The van der Waals surface area contributed by atoms with Crippen molar-refractivity contribution >= 4 is 23.1 Å². The van der Waals surface area contributed by atoms with E-state index in [1.807, 2.05) is 53.6 Å². The molecule has 0 amide bonds. The van der Waals surface area contributed by atoms with Gasteiger partial charge in [0.25, 0.3) is 5.69 Å². The molecule has 170 valence electrons. The minimum absolute atomic E-state index is 0.0483. The number of nitro benzene ring substituents is 1. The second kappa shape index (κ2) is 9.28. The van der Waals surface area contributed by atoms with E-state index in [4.69, 9.17) is 4.74 Å². The van der Waals surface area contributed by atoms with Crippen LogP contribution in [0.25, 0.3) is 5.69 Å². The SMILES string of the molecule is Cc1cc(C(=O)COC(=O)c2ccc(N3CCCC3)c([N+](=O)[O-])c2)c(C)n1-c1ccccc1. The van der Waals surface area contributed by atoms with Crippen LogP contribution in [0.15, 0.2) is 54.6 Å². The van der Waals surface area contributed by atoms with E-state index in [0.717, 1.165) is 43.0 Å². The molecule has 0 saturated carbocycles. The topological polar surface area (TPSA) is 94.7 Å². The molecule has 0 atom stereocenters. The standard InChI is InChI=1S/C25H25N3O5/c1-17-14-21(18(2)27(17)20-8-4-3-5-9-20)24(29)16-33-25(30)19-10-11-22(23(15-19)28(31)32)26-12-6-7-13-26/h3-5,8-11,14-15H,6-7,12-13,16H2,1-2H3. The molecule has 2 heterocycles. The van der Waals surface area contributed by atoms with Crippen molar-refractivity contribution in [2.24, 2.45) is 0 Å². The van der Waals surface area contributed by atoms with Gasteiger partial charge in [-0.15, -0.1) is 0 Å². The first-order valence-electron chi connectivity index (χ1n) is 10.8. The second-order valence-corrected chi connectivity index (χ2v) is 8.11. The third-order valence-corrected chi connectivity index (χ3v) is 5.93. The summed E-state index contributed by atoms with van der Waals surface area (Å²) in [7, 11) is 0. The minimum atomic E-state index is -0.767. The highest BCUT2D eigenvalue weighted by atomic mass is 16.6. The van der Waals surface area contributed by atoms with Gasteiger partial charge in [-0.2, -0.15) is 0 Å². The molecule has 0 radical (unpaired) electrons. The highest BCUT2D eigenvalue weighted by Crippen LogP contribution is 2.32. The predicted molar refractivity (Wildman–Crippen MR) is 124 cm³/mol. The molecule has 1 aliphatic heterocycles. The Morgan fingerprint density at radius 1 is 1.03 bits per heavy atom. The van der Waals surface area contributed by atoms with Gasteiger partial charge >= 0.3 is 5.97 Å². The lowest BCUT2D eigenvalue weighted by Crippen LogP contribution is -2.19. The smallest absolute Gasteiger partial charge is 0.338 e. The number of hydrogen-bond acceptors (Lipinski definition) is 6. The van der Waals surface area contributed by atoms with E-state index >= 15 is 0 Å². The lowest BCUT2D eigenvalue weighted by atomic mass is 10.1. The number of ether oxygens (including phenoxy) is 1. The maximum absolute atomic E-state index is 12.8. The summed E-state index contributed by atoms with van der Waals surface area (Å²) >= 11 is 0. The van der Waals surface area contributed by atoms with Crippen LogP contribution in [0.5, 0.6) is 0 Å². The Kier molecular flexibility index (Phi) is 6.26. The number of aryl methyl sites for hydroxylation is 1. The van der Waals surface area contributed by atoms with Crippen LogP contribution >= 0.6 is 0 Å². The maximum atomic E-state index is 12.8. The fourth-order valence-corrected chi connectivity index (χ4v) is 4.33. The van der Waals surface area contributed by atoms with Crippen molar-refractivity contribution in [3.05, 3.63) is 87.2 Å². The summed E-state index contributed by atoms with van der Waals surface area (Å²) < 4.78 is 7.19. The van der Waals surface area contributed by atoms with Crippen molar-refractivity contribution in [1.29, 1.82) is 0 Å². The van der Waals surface area contributed by atoms with Crippen LogP contribution in [-0.2, 0) is 4.74 Å². The first-order valence-corrected chi connectivity index (χ1v) is 10.8. The molecule has 8 heteroatoms. The lowest BCUT2D eigenvalue weighted by molar-refractivity contribution is -0.384. The molecule has 1 fully saturated rings. The van der Waals surface area contributed by atoms with Gasteiger partial charge < -0.3 is 14.2 Å². The van der Waals surface area contributed by atoms with Gasteiger partial charge in [-0.05, 0) is 57.0 Å². The zero-order valence-corrected chi connectivity index (χ0v) is 18.6. The van der Waals surface area contributed by atoms with E-state index in [9.17, 15) is 19.7 Å². The highest BCUT2D eigenvalue weighted by Gasteiger charge is 2.25. The summed E-state index contributed by atoms with van der Waals surface area (Å²) in [6.45, 7) is 4.81. The number of esters is 1. The summed E-state index contributed by atoms with van der Waals surface area (Å²) in [5.41, 5.74) is 3.47. The highest BCUT2D eigenvalue weighted by molar-refractivity contribution is 6.00. The number of nitrogens with zero attached hydrogens (tertiary/aromatic N) is 3. The van der Waals surface area contributed by atoms with E-state index in [-0.39, 0.29) is 17.0 Å². The van der Waals surface area contributed by atoms with Crippen molar-refractivity contribution in [3.8, 4) is 5.69 Å². The molecular formula is C25H25N3O5. The molecule has 0 N–H and O–H groups in total.